The third kappa shape index (κ3) is 3.07. The van der Waals surface area contributed by atoms with Gasteiger partial charge in [-0.05, 0) is 30.4 Å². The van der Waals surface area contributed by atoms with E-state index < -0.39 is 11.8 Å². The number of hydrogen-bond acceptors (Lipinski definition) is 4. The Balaban J connectivity index is 0.00000161. The van der Waals surface area contributed by atoms with Crippen LogP contribution in [0.1, 0.15) is 5.69 Å². The molecular formula is C14H10ClN3O2S. The maximum absolute atomic E-state index is 11.7. The molecule has 0 bridgehead atoms. The second-order valence-electron chi connectivity index (χ2n) is 4.22. The molecule has 2 aromatic rings. The molecule has 0 saturated carbocycles. The van der Waals surface area contributed by atoms with Gasteiger partial charge in [0.05, 0.1) is 11.2 Å². The molecule has 5 nitrogen and oxygen atoms in total. The second kappa shape index (κ2) is 5.99. The number of rotatable bonds is 1. The number of nitrogens with zero attached hydrogens (tertiary/aromatic N) is 1. The van der Waals surface area contributed by atoms with Crippen molar-refractivity contribution < 1.29 is 9.59 Å². The van der Waals surface area contributed by atoms with Gasteiger partial charge in [0.1, 0.15) is 5.57 Å². The molecule has 7 heteroatoms. The van der Waals surface area contributed by atoms with Crippen molar-refractivity contribution in [1.29, 1.82) is 0 Å². The van der Waals surface area contributed by atoms with Crippen molar-refractivity contribution in [3.05, 3.63) is 47.7 Å². The van der Waals surface area contributed by atoms with Gasteiger partial charge < -0.3 is 0 Å². The average molecular weight is 320 g/mol. The van der Waals surface area contributed by atoms with E-state index in [0.717, 1.165) is 10.9 Å². The van der Waals surface area contributed by atoms with E-state index in [-0.39, 0.29) is 23.1 Å². The van der Waals surface area contributed by atoms with Gasteiger partial charge in [-0.15, -0.1) is 12.4 Å². The molecule has 1 aliphatic heterocycles. The number of para-hydroxylation sites is 1. The minimum Gasteiger partial charge on any atom is -0.299 e. The molecule has 1 fully saturated rings. The van der Waals surface area contributed by atoms with E-state index in [2.05, 4.69) is 15.6 Å². The summed E-state index contributed by atoms with van der Waals surface area (Å²) in [6, 6.07) is 11.3. The van der Waals surface area contributed by atoms with Gasteiger partial charge in [-0.2, -0.15) is 0 Å². The number of benzene rings is 1. The number of pyridine rings is 1. The number of thiocarbonyl (C=S) groups is 1. The third-order valence-electron chi connectivity index (χ3n) is 2.86. The van der Waals surface area contributed by atoms with Crippen molar-refractivity contribution >= 4 is 58.5 Å². The van der Waals surface area contributed by atoms with E-state index in [0.29, 0.717) is 5.69 Å². The van der Waals surface area contributed by atoms with Gasteiger partial charge in [0, 0.05) is 5.39 Å². The van der Waals surface area contributed by atoms with Crippen LogP contribution in [-0.2, 0) is 9.59 Å². The highest BCUT2D eigenvalue weighted by Gasteiger charge is 2.25. The summed E-state index contributed by atoms with van der Waals surface area (Å²) in [5, 5.41) is 5.77. The zero-order chi connectivity index (χ0) is 14.1. The Labute approximate surface area is 131 Å². The van der Waals surface area contributed by atoms with Gasteiger partial charge >= 0.3 is 0 Å². The van der Waals surface area contributed by atoms with Crippen molar-refractivity contribution in [2.45, 2.75) is 0 Å². The van der Waals surface area contributed by atoms with Gasteiger partial charge in [-0.1, -0.05) is 24.3 Å². The fraction of sp³-hybridized carbons (Fsp3) is 0. The molecule has 0 radical (unpaired) electrons. The van der Waals surface area contributed by atoms with Crippen LogP contribution in [0.5, 0.6) is 0 Å². The summed E-state index contributed by atoms with van der Waals surface area (Å²) in [6.45, 7) is 0. The molecule has 1 saturated heterocycles. The minimum atomic E-state index is -0.520. The molecule has 0 aliphatic carbocycles. The number of amides is 2. The van der Waals surface area contributed by atoms with Crippen LogP contribution in [0.3, 0.4) is 0 Å². The van der Waals surface area contributed by atoms with Crippen molar-refractivity contribution in [2.75, 3.05) is 0 Å². The quantitative estimate of drug-likeness (QED) is 0.475. The maximum atomic E-state index is 11.7. The largest absolute Gasteiger partial charge is 0.299 e. The Hall–Kier alpha value is -2.31. The van der Waals surface area contributed by atoms with E-state index in [1.165, 1.54) is 6.08 Å². The Morgan fingerprint density at radius 2 is 1.67 bits per heavy atom. The van der Waals surface area contributed by atoms with Crippen molar-refractivity contribution in [1.82, 2.24) is 15.6 Å². The number of carbonyl (C=O) groups excluding carboxylic acids is 2. The zero-order valence-corrected chi connectivity index (χ0v) is 12.3. The number of aromatic nitrogens is 1. The molecular weight excluding hydrogens is 310 g/mol. The smallest absolute Gasteiger partial charge is 0.263 e. The highest BCUT2D eigenvalue weighted by Crippen LogP contribution is 2.14. The van der Waals surface area contributed by atoms with Crippen LogP contribution in [0.2, 0.25) is 0 Å². The lowest BCUT2D eigenvalue weighted by Crippen LogP contribution is -2.51. The second-order valence-corrected chi connectivity index (χ2v) is 4.63. The number of nitrogens with one attached hydrogen (secondary N) is 2. The highest BCUT2D eigenvalue weighted by atomic mass is 35.5. The van der Waals surface area contributed by atoms with Crippen LogP contribution < -0.4 is 10.6 Å². The van der Waals surface area contributed by atoms with E-state index in [4.69, 9.17) is 12.2 Å². The Morgan fingerprint density at radius 3 is 2.38 bits per heavy atom. The highest BCUT2D eigenvalue weighted by molar-refractivity contribution is 7.80. The maximum Gasteiger partial charge on any atom is 0.263 e. The lowest BCUT2D eigenvalue weighted by atomic mass is 10.1. The Kier molecular flexibility index (Phi) is 4.30. The normalized spacial score (nSPS) is 14.3. The van der Waals surface area contributed by atoms with Crippen molar-refractivity contribution in [2.24, 2.45) is 0 Å². The van der Waals surface area contributed by atoms with Crippen molar-refractivity contribution in [3.63, 3.8) is 0 Å². The summed E-state index contributed by atoms with van der Waals surface area (Å²) in [5.74, 6) is -1.04. The first kappa shape index (κ1) is 15.1. The molecule has 2 heterocycles. The number of carbonyl (C=O) groups is 2. The van der Waals surface area contributed by atoms with Crippen molar-refractivity contribution in [3.8, 4) is 0 Å². The van der Waals surface area contributed by atoms with Crippen LogP contribution in [0.15, 0.2) is 42.0 Å². The summed E-state index contributed by atoms with van der Waals surface area (Å²) in [4.78, 5) is 27.8. The van der Waals surface area contributed by atoms with Crippen LogP contribution in [0, 0.1) is 0 Å². The third-order valence-corrected chi connectivity index (χ3v) is 3.06. The summed E-state index contributed by atoms with van der Waals surface area (Å²) >= 11 is 4.73. The summed E-state index contributed by atoms with van der Waals surface area (Å²) in [6.07, 6.45) is 1.44. The monoisotopic (exact) mass is 319 g/mol. The predicted molar refractivity (Wildman–Crippen MR) is 85.9 cm³/mol. The first-order chi connectivity index (χ1) is 9.63. The van der Waals surface area contributed by atoms with Crippen LogP contribution in [-0.4, -0.2) is 21.9 Å². The standard InChI is InChI=1S/C14H9N3O2S.ClH/c18-12-10(13(19)17-14(20)16-12)7-9-6-5-8-3-1-2-4-11(8)15-9;/h1-7H,(H2,16,17,18,19,20);1H. The fourth-order valence-electron chi connectivity index (χ4n) is 1.92. The van der Waals surface area contributed by atoms with E-state index in [1.807, 2.05) is 30.3 Å². The SMILES string of the molecule is Cl.O=C1NC(=S)NC(=O)C1=Cc1ccc2ccccc2n1. The summed E-state index contributed by atoms with van der Waals surface area (Å²) < 4.78 is 0. The van der Waals surface area contributed by atoms with Crippen LogP contribution in [0.4, 0.5) is 0 Å². The number of fused-ring (bicyclic) bond motifs is 1. The minimum absolute atomic E-state index is 0. The molecule has 3 rings (SSSR count). The molecule has 21 heavy (non-hydrogen) atoms. The Bertz CT molecular complexity index is 767. The van der Waals surface area contributed by atoms with E-state index in [9.17, 15) is 9.59 Å². The molecule has 106 valence electrons. The van der Waals surface area contributed by atoms with Gasteiger partial charge in [-0.25, -0.2) is 4.98 Å². The van der Waals surface area contributed by atoms with Gasteiger partial charge in [0.25, 0.3) is 11.8 Å². The van der Waals surface area contributed by atoms with Gasteiger partial charge in [0.15, 0.2) is 5.11 Å². The molecule has 2 N–H and O–H groups in total. The van der Waals surface area contributed by atoms with E-state index >= 15 is 0 Å². The molecule has 1 aliphatic rings. The molecule has 2 amide bonds. The summed E-state index contributed by atoms with van der Waals surface area (Å²) in [5.41, 5.74) is 1.33. The number of hydrogen-bond donors (Lipinski definition) is 2. The lowest BCUT2D eigenvalue weighted by molar-refractivity contribution is -0.123. The molecule has 0 atom stereocenters. The molecule has 0 spiro atoms. The van der Waals surface area contributed by atoms with Crippen LogP contribution in [0.25, 0.3) is 17.0 Å². The first-order valence-corrected chi connectivity index (χ1v) is 6.28. The van der Waals surface area contributed by atoms with Gasteiger partial charge in [-0.3, -0.25) is 20.2 Å². The molecule has 1 aromatic heterocycles. The number of halogens is 1. The Morgan fingerprint density at radius 1 is 1.00 bits per heavy atom. The molecule has 0 unspecified atom stereocenters. The van der Waals surface area contributed by atoms with E-state index in [1.54, 1.807) is 6.07 Å². The first-order valence-electron chi connectivity index (χ1n) is 5.87. The predicted octanol–water partition coefficient (Wildman–Crippen LogP) is 1.57. The van der Waals surface area contributed by atoms with Gasteiger partial charge in [0.2, 0.25) is 0 Å². The molecule has 1 aromatic carbocycles. The topological polar surface area (TPSA) is 71.1 Å². The fourth-order valence-corrected chi connectivity index (χ4v) is 2.10. The summed E-state index contributed by atoms with van der Waals surface area (Å²) in [7, 11) is 0. The average Bonchev–Trinajstić information content (AvgIpc) is 2.42. The van der Waals surface area contributed by atoms with Crippen LogP contribution >= 0.6 is 24.6 Å². The zero-order valence-electron chi connectivity index (χ0n) is 10.6. The lowest BCUT2D eigenvalue weighted by Gasteiger charge is -2.16.